The van der Waals surface area contributed by atoms with Crippen LogP contribution in [0.1, 0.15) is 0 Å². The molecular weight excluding hydrogens is 88.1 g/mol. The second-order valence-corrected chi connectivity index (χ2v) is 1.17. The van der Waals surface area contributed by atoms with Crippen molar-refractivity contribution in [2.45, 2.75) is 0 Å². The Morgan fingerprint density at radius 1 is 1.57 bits per heavy atom. The van der Waals surface area contributed by atoms with E-state index >= 15 is 0 Å². The Bertz CT molecular complexity index is 63.0. The summed E-state index contributed by atoms with van der Waals surface area (Å²) < 4.78 is 0. The van der Waals surface area contributed by atoms with Gasteiger partial charge in [0.1, 0.15) is 0 Å². The average molecular weight is 98.1 g/mol. The van der Waals surface area contributed by atoms with Gasteiger partial charge in [-0.05, 0) is 7.05 Å². The topological polar surface area (TPSA) is 24.1 Å². The molecule has 40 valence electrons. The molecule has 7 heavy (non-hydrogen) atoms. The van der Waals surface area contributed by atoms with Crippen molar-refractivity contribution in [2.24, 2.45) is 0 Å². The van der Waals surface area contributed by atoms with Gasteiger partial charge in [-0.1, -0.05) is 6.42 Å². The maximum absolute atomic E-state index is 4.88. The zero-order valence-electron chi connectivity index (χ0n) is 4.49. The summed E-state index contributed by atoms with van der Waals surface area (Å²) in [7, 11) is 1.89. The van der Waals surface area contributed by atoms with E-state index in [4.69, 9.17) is 6.42 Å². The van der Waals surface area contributed by atoms with E-state index in [1.807, 2.05) is 7.05 Å². The molecule has 0 amide bonds. The predicted octanol–water partition coefficient (Wildman–Crippen LogP) is -0.614. The van der Waals surface area contributed by atoms with Crippen molar-refractivity contribution in [3.05, 3.63) is 0 Å². The van der Waals surface area contributed by atoms with Crippen molar-refractivity contribution < 1.29 is 0 Å². The molecular formula is C5H10N2. The molecule has 0 aromatic rings. The van der Waals surface area contributed by atoms with Gasteiger partial charge in [-0.3, -0.25) is 0 Å². The highest BCUT2D eigenvalue weighted by atomic mass is 14.9. The minimum absolute atomic E-state index is 0.840. The van der Waals surface area contributed by atoms with Gasteiger partial charge in [0.05, 0.1) is 0 Å². The molecule has 2 heteroatoms. The highest BCUT2D eigenvalue weighted by molar-refractivity contribution is 4.79. The second-order valence-electron chi connectivity index (χ2n) is 1.17. The van der Waals surface area contributed by atoms with Gasteiger partial charge >= 0.3 is 0 Å². The largest absolute Gasteiger partial charge is 0.345 e. The van der Waals surface area contributed by atoms with Crippen LogP contribution in [-0.2, 0) is 0 Å². The second kappa shape index (κ2) is 5.32. The molecule has 0 heterocycles. The van der Waals surface area contributed by atoms with Gasteiger partial charge in [0.2, 0.25) is 0 Å². The van der Waals surface area contributed by atoms with Crippen LogP contribution in [0.25, 0.3) is 0 Å². The summed E-state index contributed by atoms with van der Waals surface area (Å²) in [5, 5.41) is 5.66. The lowest BCUT2D eigenvalue weighted by atomic mass is 10.6. The Morgan fingerprint density at radius 3 is 2.71 bits per heavy atom. The molecule has 0 atom stereocenters. The Morgan fingerprint density at radius 2 is 2.29 bits per heavy atom. The summed E-state index contributed by atoms with van der Waals surface area (Å²) in [6.45, 7) is 1.76. The molecule has 0 fully saturated rings. The van der Waals surface area contributed by atoms with E-state index in [1.54, 1.807) is 0 Å². The fraction of sp³-hybridized carbons (Fsp3) is 0.600. The summed E-state index contributed by atoms with van der Waals surface area (Å²) in [5.74, 6) is 0. The third kappa shape index (κ3) is 5.32. The number of hydrogen-bond acceptors (Lipinski definition) is 2. The molecule has 0 aliphatic rings. The first-order chi connectivity index (χ1) is 3.41. The Hall–Kier alpha value is -0.680. The molecule has 0 aromatic heterocycles. The van der Waals surface area contributed by atoms with Crippen LogP contribution in [0, 0.1) is 12.5 Å². The molecule has 0 bridgehead atoms. The van der Waals surface area contributed by atoms with Crippen LogP contribution in [0.3, 0.4) is 0 Å². The zero-order valence-corrected chi connectivity index (χ0v) is 4.49. The van der Waals surface area contributed by atoms with Gasteiger partial charge in [-0.25, -0.2) is 0 Å². The van der Waals surface area contributed by atoms with E-state index in [9.17, 15) is 0 Å². The molecule has 2 N–H and O–H groups in total. The molecule has 0 aliphatic carbocycles. The van der Waals surface area contributed by atoms with Gasteiger partial charge < -0.3 is 10.6 Å². The smallest absolute Gasteiger partial charge is 0.0354 e. The molecule has 0 spiro atoms. The summed E-state index contributed by atoms with van der Waals surface area (Å²) in [5.41, 5.74) is 0. The third-order valence-electron chi connectivity index (χ3n) is 0.602. The number of likely N-dealkylation sites (N-methyl/N-ethyl adjacent to an activating group) is 1. The standard InChI is InChI=1S/C5H10N2/c1-3-7-5-4-6-2/h1,6-7H,4-5H2,2H3. The number of nitrogens with one attached hydrogen (secondary N) is 2. The Labute approximate surface area is 44.3 Å². The van der Waals surface area contributed by atoms with Crippen LogP contribution in [0.2, 0.25) is 0 Å². The summed E-state index contributed by atoms with van der Waals surface area (Å²) in [6, 6.07) is 2.31. The molecule has 0 radical (unpaired) electrons. The van der Waals surface area contributed by atoms with E-state index in [0.717, 1.165) is 13.1 Å². The van der Waals surface area contributed by atoms with E-state index < -0.39 is 0 Å². The van der Waals surface area contributed by atoms with Crippen LogP contribution < -0.4 is 10.6 Å². The number of rotatable bonds is 3. The predicted molar refractivity (Wildman–Crippen MR) is 30.8 cm³/mol. The molecule has 0 saturated heterocycles. The minimum atomic E-state index is 0.840. The molecule has 0 rings (SSSR count). The molecule has 0 saturated carbocycles. The monoisotopic (exact) mass is 98.1 g/mol. The average Bonchev–Trinajstić information content (AvgIpc) is 1.69. The highest BCUT2D eigenvalue weighted by Crippen LogP contribution is 1.48. The third-order valence-corrected chi connectivity index (χ3v) is 0.602. The number of hydrogen-bond donors (Lipinski definition) is 2. The van der Waals surface area contributed by atoms with Crippen molar-refractivity contribution in [3.63, 3.8) is 0 Å². The van der Waals surface area contributed by atoms with Gasteiger partial charge in [0, 0.05) is 19.1 Å². The normalized spacial score (nSPS) is 7.43. The highest BCUT2D eigenvalue weighted by Gasteiger charge is 1.72. The van der Waals surface area contributed by atoms with E-state index in [-0.39, 0.29) is 0 Å². The minimum Gasteiger partial charge on any atom is -0.345 e. The lowest BCUT2D eigenvalue weighted by Gasteiger charge is -1.93. The van der Waals surface area contributed by atoms with Gasteiger partial charge in [0.15, 0.2) is 0 Å². The summed E-state index contributed by atoms with van der Waals surface area (Å²) in [6.07, 6.45) is 4.88. The quantitative estimate of drug-likeness (QED) is 0.279. The van der Waals surface area contributed by atoms with Gasteiger partial charge in [-0.2, -0.15) is 0 Å². The maximum atomic E-state index is 4.88. The van der Waals surface area contributed by atoms with Crippen molar-refractivity contribution in [3.8, 4) is 12.5 Å². The van der Waals surface area contributed by atoms with Crippen molar-refractivity contribution in [1.29, 1.82) is 0 Å². The SMILES string of the molecule is C#CNCCNC. The van der Waals surface area contributed by atoms with Crippen LogP contribution in [-0.4, -0.2) is 20.1 Å². The summed E-state index contributed by atoms with van der Waals surface area (Å²) >= 11 is 0. The Balaban J connectivity index is 2.60. The van der Waals surface area contributed by atoms with Crippen LogP contribution in [0.5, 0.6) is 0 Å². The van der Waals surface area contributed by atoms with Crippen LogP contribution >= 0.6 is 0 Å². The molecule has 2 nitrogen and oxygen atoms in total. The van der Waals surface area contributed by atoms with E-state index in [1.165, 1.54) is 0 Å². The molecule has 0 aromatic carbocycles. The molecule has 0 aliphatic heterocycles. The zero-order chi connectivity index (χ0) is 5.54. The first kappa shape index (κ1) is 6.32. The van der Waals surface area contributed by atoms with E-state index in [2.05, 4.69) is 16.7 Å². The van der Waals surface area contributed by atoms with Crippen LogP contribution in [0.15, 0.2) is 0 Å². The van der Waals surface area contributed by atoms with Crippen LogP contribution in [0.4, 0.5) is 0 Å². The fourth-order valence-electron chi connectivity index (χ4n) is 0.260. The first-order valence-corrected chi connectivity index (χ1v) is 2.25. The van der Waals surface area contributed by atoms with Crippen molar-refractivity contribution in [2.75, 3.05) is 20.1 Å². The molecule has 0 unspecified atom stereocenters. The number of terminal acetylenes is 1. The fourth-order valence-corrected chi connectivity index (χ4v) is 0.260. The summed E-state index contributed by atoms with van der Waals surface area (Å²) in [4.78, 5) is 0. The first-order valence-electron chi connectivity index (χ1n) is 2.25. The lowest BCUT2D eigenvalue weighted by molar-refractivity contribution is 0.751. The lowest BCUT2D eigenvalue weighted by Crippen LogP contribution is -2.20. The Kier molecular flexibility index (Phi) is 4.80. The van der Waals surface area contributed by atoms with E-state index in [0.29, 0.717) is 0 Å². The van der Waals surface area contributed by atoms with Crippen molar-refractivity contribution in [1.82, 2.24) is 10.6 Å². The maximum Gasteiger partial charge on any atom is 0.0354 e. The van der Waals surface area contributed by atoms with Crippen molar-refractivity contribution >= 4 is 0 Å². The van der Waals surface area contributed by atoms with Gasteiger partial charge in [0.25, 0.3) is 0 Å². The van der Waals surface area contributed by atoms with Gasteiger partial charge in [-0.15, -0.1) is 0 Å².